The minimum Gasteiger partial charge on any atom is -0.469 e. The quantitative estimate of drug-likeness (QED) is 0.232. The van der Waals surface area contributed by atoms with E-state index < -0.39 is 0 Å². The number of carbonyl (C=O) groups excluding carboxylic acids is 1. The first-order valence-corrected chi connectivity index (χ1v) is 14.3. The van der Waals surface area contributed by atoms with Crippen LogP contribution in [0.3, 0.4) is 0 Å². The van der Waals surface area contributed by atoms with Crippen molar-refractivity contribution < 1.29 is 14.3 Å². The predicted molar refractivity (Wildman–Crippen MR) is 135 cm³/mol. The van der Waals surface area contributed by atoms with Gasteiger partial charge in [0.05, 0.1) is 24.7 Å². The molecule has 0 amide bonds. The first kappa shape index (κ1) is 23.6. The molecule has 190 valence electrons. The van der Waals surface area contributed by atoms with E-state index in [9.17, 15) is 4.79 Å². The zero-order valence-corrected chi connectivity index (χ0v) is 23.0. The van der Waals surface area contributed by atoms with Gasteiger partial charge in [0.25, 0.3) is 0 Å². The van der Waals surface area contributed by atoms with E-state index in [1.807, 2.05) is 0 Å². The third-order valence-electron chi connectivity index (χ3n) is 13.7. The van der Waals surface area contributed by atoms with Crippen LogP contribution in [0.1, 0.15) is 99.8 Å². The van der Waals surface area contributed by atoms with Gasteiger partial charge in [-0.1, -0.05) is 60.1 Å². The van der Waals surface area contributed by atoms with Gasteiger partial charge in [0.1, 0.15) is 0 Å². The average Bonchev–Trinajstić information content (AvgIpc) is 3.56. The highest BCUT2D eigenvalue weighted by molar-refractivity contribution is 5.78. The van der Waals surface area contributed by atoms with E-state index in [1.165, 1.54) is 25.7 Å². The summed E-state index contributed by atoms with van der Waals surface area (Å²) in [4.78, 5) is 13.4. The van der Waals surface area contributed by atoms with Gasteiger partial charge in [0, 0.05) is 0 Å². The summed E-state index contributed by atoms with van der Waals surface area (Å²) in [6.07, 6.45) is 13.0. The van der Waals surface area contributed by atoms with Crippen molar-refractivity contribution in [1.29, 1.82) is 0 Å². The average molecular weight is 469 g/mol. The molecule has 1 heterocycles. The van der Waals surface area contributed by atoms with E-state index in [2.05, 4.69) is 54.5 Å². The highest BCUT2D eigenvalue weighted by Gasteiger charge is 2.72. The molecule has 0 spiro atoms. The Morgan fingerprint density at radius 2 is 1.74 bits per heavy atom. The van der Waals surface area contributed by atoms with Crippen molar-refractivity contribution in [2.75, 3.05) is 7.11 Å². The van der Waals surface area contributed by atoms with E-state index >= 15 is 0 Å². The van der Waals surface area contributed by atoms with Crippen molar-refractivity contribution in [1.82, 2.24) is 0 Å². The fourth-order valence-electron chi connectivity index (χ4n) is 11.5. The number of fused-ring (bicyclic) bond motifs is 8. The number of methoxy groups -OCH3 is 1. The Hall–Kier alpha value is -0.830. The second-order valence-electron chi connectivity index (χ2n) is 14.9. The van der Waals surface area contributed by atoms with Crippen LogP contribution < -0.4 is 0 Å². The van der Waals surface area contributed by atoms with Gasteiger partial charge in [-0.15, -0.1) is 0 Å². The van der Waals surface area contributed by atoms with Crippen LogP contribution in [0.25, 0.3) is 0 Å². The molecule has 1 aliphatic heterocycles. The molecule has 3 nitrogen and oxygen atoms in total. The highest BCUT2D eigenvalue weighted by Crippen LogP contribution is 2.77. The fraction of sp³-hybridized carbons (Fsp3) is 0.903. The van der Waals surface area contributed by atoms with Crippen LogP contribution >= 0.6 is 0 Å². The van der Waals surface area contributed by atoms with E-state index in [0.29, 0.717) is 41.3 Å². The van der Waals surface area contributed by atoms with Crippen molar-refractivity contribution in [2.24, 2.45) is 56.7 Å². The second kappa shape index (κ2) is 6.93. The van der Waals surface area contributed by atoms with Crippen LogP contribution in [-0.4, -0.2) is 25.3 Å². The number of hydrogen-bond donors (Lipinski definition) is 0. The lowest BCUT2D eigenvalue weighted by Gasteiger charge is -2.70. The number of esters is 1. The number of hydrogen-bond acceptors (Lipinski definition) is 3. The molecule has 0 aromatic carbocycles. The summed E-state index contributed by atoms with van der Waals surface area (Å²) in [7, 11) is 1.61. The van der Waals surface area contributed by atoms with Crippen molar-refractivity contribution in [3.05, 3.63) is 11.6 Å². The highest BCUT2D eigenvalue weighted by atomic mass is 16.6. The molecule has 0 radical (unpaired) electrons. The Labute approximate surface area is 207 Å². The monoisotopic (exact) mass is 468 g/mol. The molecule has 6 rings (SSSR count). The summed E-state index contributed by atoms with van der Waals surface area (Å²) in [5, 5.41) is 0. The molecule has 0 bridgehead atoms. The standard InChI is InChI=1S/C31H48O3/c1-18-11-14-31(26(32)33-8)16-15-29(6)20(24(31)19(18)2)9-10-23-28(5)17-21-25(34-21)27(3,4)22(28)12-13-30(23,29)7/h9,18-19,21-25H,10-17H2,1-8H3/t18-,19+,21+,22+,23-,24+,25+,28+,29-,30-,31+/m1/s1. The third-order valence-corrected chi connectivity index (χ3v) is 13.7. The van der Waals surface area contributed by atoms with Crippen molar-refractivity contribution >= 4 is 5.97 Å². The normalized spacial score (nSPS) is 57.1. The molecule has 0 aromatic rings. The molecule has 4 saturated carbocycles. The molecule has 34 heavy (non-hydrogen) atoms. The molecule has 6 aliphatic rings. The van der Waals surface area contributed by atoms with Crippen molar-refractivity contribution in [2.45, 2.75) is 112 Å². The van der Waals surface area contributed by atoms with Gasteiger partial charge in [0.2, 0.25) is 0 Å². The van der Waals surface area contributed by atoms with E-state index in [4.69, 9.17) is 9.47 Å². The molecule has 0 aromatic heterocycles. The summed E-state index contributed by atoms with van der Waals surface area (Å²) >= 11 is 0. The second-order valence-corrected chi connectivity index (χ2v) is 14.9. The number of carbonyl (C=O) groups is 1. The lowest BCUT2D eigenvalue weighted by atomic mass is 9.33. The summed E-state index contributed by atoms with van der Waals surface area (Å²) in [6, 6.07) is 0. The number of ether oxygens (including phenoxy) is 2. The van der Waals surface area contributed by atoms with Crippen LogP contribution in [0.4, 0.5) is 0 Å². The topological polar surface area (TPSA) is 38.8 Å². The maximum Gasteiger partial charge on any atom is 0.312 e. The first-order valence-electron chi connectivity index (χ1n) is 14.3. The first-order chi connectivity index (χ1) is 15.9. The SMILES string of the molecule is COC(=O)[C@]12CC[C@@H](C)[C@H](C)[C@H]1C1=CC[C@@H]3[C@@]4(C)C[C@@H]5O[C@@H]5C(C)(C)[C@@H]4CC[C@@]3(C)[C@]1(C)CC2. The lowest BCUT2D eigenvalue weighted by molar-refractivity contribution is -0.187. The molecule has 1 saturated heterocycles. The Bertz CT molecular complexity index is 935. The third kappa shape index (κ3) is 2.57. The number of allylic oxidation sites excluding steroid dienone is 2. The largest absolute Gasteiger partial charge is 0.469 e. The van der Waals surface area contributed by atoms with Crippen LogP contribution in [0.5, 0.6) is 0 Å². The number of rotatable bonds is 1. The summed E-state index contributed by atoms with van der Waals surface area (Å²) < 4.78 is 11.8. The van der Waals surface area contributed by atoms with Crippen LogP contribution in [-0.2, 0) is 14.3 Å². The van der Waals surface area contributed by atoms with E-state index in [0.717, 1.165) is 31.6 Å². The smallest absolute Gasteiger partial charge is 0.312 e. The van der Waals surface area contributed by atoms with Crippen LogP contribution in [0, 0.1) is 56.7 Å². The van der Waals surface area contributed by atoms with Gasteiger partial charge in [-0.25, -0.2) is 0 Å². The fourth-order valence-corrected chi connectivity index (χ4v) is 11.5. The summed E-state index contributed by atoms with van der Waals surface area (Å²) in [5.74, 6) is 3.02. The Morgan fingerprint density at radius 1 is 1.00 bits per heavy atom. The minimum absolute atomic E-state index is 0.0631. The van der Waals surface area contributed by atoms with Crippen molar-refractivity contribution in [3.63, 3.8) is 0 Å². The molecular formula is C31H48O3. The van der Waals surface area contributed by atoms with E-state index in [1.54, 1.807) is 12.7 Å². The Morgan fingerprint density at radius 3 is 2.44 bits per heavy atom. The minimum atomic E-state index is -0.307. The number of epoxide rings is 1. The van der Waals surface area contributed by atoms with E-state index in [-0.39, 0.29) is 27.6 Å². The van der Waals surface area contributed by atoms with Gasteiger partial charge in [-0.3, -0.25) is 4.79 Å². The molecular weight excluding hydrogens is 420 g/mol. The Balaban J connectivity index is 1.46. The van der Waals surface area contributed by atoms with Gasteiger partial charge >= 0.3 is 5.97 Å². The van der Waals surface area contributed by atoms with Gasteiger partial charge in [-0.2, -0.15) is 0 Å². The van der Waals surface area contributed by atoms with Crippen LogP contribution in [0.15, 0.2) is 11.6 Å². The lowest BCUT2D eigenvalue weighted by Crippen LogP contribution is -2.65. The zero-order valence-electron chi connectivity index (χ0n) is 23.0. The van der Waals surface area contributed by atoms with Gasteiger partial charge < -0.3 is 9.47 Å². The molecule has 11 atom stereocenters. The van der Waals surface area contributed by atoms with Crippen LogP contribution in [0.2, 0.25) is 0 Å². The Kier molecular flexibility index (Phi) is 4.80. The summed E-state index contributed by atoms with van der Waals surface area (Å²) in [5.41, 5.74) is 2.40. The molecule has 0 N–H and O–H groups in total. The molecule has 3 heteroatoms. The zero-order chi connectivity index (χ0) is 24.5. The van der Waals surface area contributed by atoms with Gasteiger partial charge in [-0.05, 0) is 103 Å². The molecule has 0 unspecified atom stereocenters. The molecule has 5 fully saturated rings. The molecule has 5 aliphatic carbocycles. The maximum absolute atomic E-state index is 13.4. The van der Waals surface area contributed by atoms with Gasteiger partial charge in [0.15, 0.2) is 0 Å². The van der Waals surface area contributed by atoms with Crippen molar-refractivity contribution in [3.8, 4) is 0 Å². The maximum atomic E-state index is 13.4. The summed E-state index contributed by atoms with van der Waals surface area (Å²) in [6.45, 7) is 17.7. The predicted octanol–water partition coefficient (Wildman–Crippen LogP) is 7.19.